The number of likely N-dealkylation sites (N-methyl/N-ethyl adjacent to an activating group) is 1. The smallest absolute Gasteiger partial charge is 0.304 e. The summed E-state index contributed by atoms with van der Waals surface area (Å²) in [5.41, 5.74) is 6.92. The minimum Gasteiger partial charge on any atom is -0.324 e. The molecule has 0 amide bonds. The third kappa shape index (κ3) is 4.56. The fourth-order valence-corrected chi connectivity index (χ4v) is 4.59. The van der Waals surface area contributed by atoms with E-state index in [0.29, 0.717) is 43.1 Å². The van der Waals surface area contributed by atoms with E-state index < -0.39 is 10.2 Å². The summed E-state index contributed by atoms with van der Waals surface area (Å²) in [6, 6.07) is 12.3. The van der Waals surface area contributed by atoms with E-state index >= 15 is 0 Å². The van der Waals surface area contributed by atoms with Crippen LogP contribution >= 0.6 is 0 Å². The molecule has 0 bridgehead atoms. The van der Waals surface area contributed by atoms with Crippen molar-refractivity contribution < 1.29 is 13.2 Å². The van der Waals surface area contributed by atoms with Crippen molar-refractivity contribution in [2.24, 2.45) is 5.73 Å². The SMILES string of the molecule is CN1CCN(S(=O)(=O)N(Cc2ccc(C(=O)CN)cn2)c2ccccc2)CC1. The summed E-state index contributed by atoms with van der Waals surface area (Å²) in [6.45, 7) is 2.26. The van der Waals surface area contributed by atoms with Gasteiger partial charge >= 0.3 is 10.2 Å². The molecule has 150 valence electrons. The molecule has 3 rings (SSSR count). The first-order valence-corrected chi connectivity index (χ1v) is 10.5. The van der Waals surface area contributed by atoms with Crippen molar-refractivity contribution in [1.82, 2.24) is 14.2 Å². The van der Waals surface area contributed by atoms with Gasteiger partial charge in [-0.3, -0.25) is 14.1 Å². The molecule has 2 N–H and O–H groups in total. The zero-order valence-corrected chi connectivity index (χ0v) is 16.7. The fourth-order valence-electron chi connectivity index (χ4n) is 3.01. The van der Waals surface area contributed by atoms with Crippen LogP contribution in [0.1, 0.15) is 16.1 Å². The van der Waals surface area contributed by atoms with Gasteiger partial charge < -0.3 is 10.6 Å². The molecule has 9 heteroatoms. The van der Waals surface area contributed by atoms with Gasteiger partial charge in [0.1, 0.15) is 0 Å². The Morgan fingerprint density at radius 3 is 2.36 bits per heavy atom. The normalized spacial score (nSPS) is 16.1. The van der Waals surface area contributed by atoms with E-state index in [2.05, 4.69) is 9.88 Å². The van der Waals surface area contributed by atoms with Gasteiger partial charge in [0.05, 0.1) is 24.5 Å². The van der Waals surface area contributed by atoms with Crippen molar-refractivity contribution in [3.63, 3.8) is 0 Å². The number of para-hydroxylation sites is 1. The zero-order valence-electron chi connectivity index (χ0n) is 15.9. The third-order valence-corrected chi connectivity index (χ3v) is 6.66. The van der Waals surface area contributed by atoms with Gasteiger partial charge in [0, 0.05) is 37.9 Å². The standard InChI is InChI=1S/C19H25N5O3S/c1-22-9-11-23(12-10-22)28(26,27)24(18-5-3-2-4-6-18)15-17-8-7-16(14-21-17)19(25)13-20/h2-8,14H,9-13,15,20H2,1H3. The van der Waals surface area contributed by atoms with Gasteiger partial charge in [0.2, 0.25) is 0 Å². The van der Waals surface area contributed by atoms with Crippen LogP contribution in [0.5, 0.6) is 0 Å². The van der Waals surface area contributed by atoms with Crippen LogP contribution in [-0.2, 0) is 16.8 Å². The molecule has 0 saturated carbocycles. The molecule has 2 heterocycles. The number of Topliss-reactive ketones (excluding diaryl/α,β-unsaturated/α-hetero) is 1. The second-order valence-electron chi connectivity index (χ2n) is 6.72. The monoisotopic (exact) mass is 403 g/mol. The van der Waals surface area contributed by atoms with E-state index in [1.807, 2.05) is 13.1 Å². The quantitative estimate of drug-likeness (QED) is 0.684. The van der Waals surface area contributed by atoms with E-state index in [4.69, 9.17) is 5.73 Å². The van der Waals surface area contributed by atoms with Crippen LogP contribution in [0.25, 0.3) is 0 Å². The summed E-state index contributed by atoms with van der Waals surface area (Å²) in [4.78, 5) is 18.1. The molecule has 0 radical (unpaired) electrons. The fraction of sp³-hybridized carbons (Fsp3) is 0.368. The Hall–Kier alpha value is -2.33. The van der Waals surface area contributed by atoms with Gasteiger partial charge in [0.25, 0.3) is 0 Å². The number of anilines is 1. The second kappa shape index (κ2) is 8.78. The van der Waals surface area contributed by atoms with E-state index in [9.17, 15) is 13.2 Å². The van der Waals surface area contributed by atoms with Gasteiger partial charge in [-0.2, -0.15) is 12.7 Å². The number of hydrogen-bond donors (Lipinski definition) is 1. The summed E-state index contributed by atoms with van der Waals surface area (Å²) < 4.78 is 29.6. The molecule has 2 aromatic rings. The number of pyridine rings is 1. The molecular formula is C19H25N5O3S. The summed E-state index contributed by atoms with van der Waals surface area (Å²) in [5.74, 6) is -0.205. The highest BCUT2D eigenvalue weighted by Gasteiger charge is 2.32. The van der Waals surface area contributed by atoms with Crippen molar-refractivity contribution in [2.75, 3.05) is 44.1 Å². The van der Waals surface area contributed by atoms with E-state index in [1.54, 1.807) is 36.4 Å². The molecule has 1 aromatic carbocycles. The van der Waals surface area contributed by atoms with Gasteiger partial charge in [-0.25, -0.2) is 0 Å². The third-order valence-electron chi connectivity index (χ3n) is 4.75. The van der Waals surface area contributed by atoms with E-state index in [-0.39, 0.29) is 18.9 Å². The largest absolute Gasteiger partial charge is 0.324 e. The lowest BCUT2D eigenvalue weighted by Crippen LogP contribution is -2.52. The molecule has 1 aliphatic rings. The van der Waals surface area contributed by atoms with Crippen LogP contribution < -0.4 is 10.0 Å². The molecule has 1 aliphatic heterocycles. The maximum absolute atomic E-state index is 13.4. The first-order chi connectivity index (χ1) is 13.4. The van der Waals surface area contributed by atoms with Crippen molar-refractivity contribution in [2.45, 2.75) is 6.54 Å². The summed E-state index contributed by atoms with van der Waals surface area (Å²) in [5, 5.41) is 0. The highest BCUT2D eigenvalue weighted by Crippen LogP contribution is 2.23. The minimum absolute atomic E-state index is 0.0791. The number of benzene rings is 1. The second-order valence-corrected chi connectivity index (χ2v) is 8.57. The number of rotatable bonds is 7. The Morgan fingerprint density at radius 2 is 1.79 bits per heavy atom. The number of nitrogens with two attached hydrogens (primary N) is 1. The Kier molecular flexibility index (Phi) is 6.40. The minimum atomic E-state index is -3.72. The molecular weight excluding hydrogens is 378 g/mol. The molecule has 0 spiro atoms. The highest BCUT2D eigenvalue weighted by molar-refractivity contribution is 7.90. The van der Waals surface area contributed by atoms with Crippen LogP contribution in [0.2, 0.25) is 0 Å². The zero-order chi connectivity index (χ0) is 20.1. The average Bonchev–Trinajstić information content (AvgIpc) is 2.72. The molecule has 0 atom stereocenters. The Bertz CT molecular complexity index is 895. The van der Waals surface area contributed by atoms with Crippen molar-refractivity contribution >= 4 is 21.7 Å². The average molecular weight is 404 g/mol. The predicted molar refractivity (Wildman–Crippen MR) is 108 cm³/mol. The summed E-state index contributed by atoms with van der Waals surface area (Å²) >= 11 is 0. The lowest BCUT2D eigenvalue weighted by molar-refractivity contribution is 0.100. The first-order valence-electron chi connectivity index (χ1n) is 9.11. The van der Waals surface area contributed by atoms with Gasteiger partial charge in [-0.15, -0.1) is 0 Å². The van der Waals surface area contributed by atoms with Crippen LogP contribution in [0.15, 0.2) is 48.7 Å². The topological polar surface area (TPSA) is 99.8 Å². The van der Waals surface area contributed by atoms with Gasteiger partial charge in [-0.1, -0.05) is 18.2 Å². The summed E-state index contributed by atoms with van der Waals surface area (Å²) in [6.07, 6.45) is 1.44. The van der Waals surface area contributed by atoms with Crippen molar-refractivity contribution in [3.05, 3.63) is 59.9 Å². The molecule has 0 unspecified atom stereocenters. The van der Waals surface area contributed by atoms with Gasteiger partial charge in [-0.05, 0) is 31.3 Å². The Morgan fingerprint density at radius 1 is 1.11 bits per heavy atom. The van der Waals surface area contributed by atoms with Crippen LogP contribution in [0.4, 0.5) is 5.69 Å². The van der Waals surface area contributed by atoms with E-state index in [1.165, 1.54) is 14.8 Å². The van der Waals surface area contributed by atoms with E-state index in [0.717, 1.165) is 0 Å². The number of nitrogens with zero attached hydrogens (tertiary/aromatic N) is 4. The molecule has 8 nitrogen and oxygen atoms in total. The lowest BCUT2D eigenvalue weighted by atomic mass is 10.2. The lowest BCUT2D eigenvalue weighted by Gasteiger charge is -2.36. The molecule has 28 heavy (non-hydrogen) atoms. The molecule has 1 aromatic heterocycles. The number of piperazine rings is 1. The maximum atomic E-state index is 13.4. The number of carbonyl (C=O) groups excluding carboxylic acids is 1. The van der Waals surface area contributed by atoms with Crippen LogP contribution in [0.3, 0.4) is 0 Å². The number of hydrogen-bond acceptors (Lipinski definition) is 6. The number of ketones is 1. The molecule has 0 aliphatic carbocycles. The van der Waals surface area contributed by atoms with Crippen LogP contribution in [0, 0.1) is 0 Å². The maximum Gasteiger partial charge on any atom is 0.304 e. The molecule has 1 fully saturated rings. The number of carbonyl (C=O) groups is 1. The predicted octanol–water partition coefficient (Wildman–Crippen LogP) is 0.722. The van der Waals surface area contributed by atoms with Crippen molar-refractivity contribution in [1.29, 1.82) is 0 Å². The highest BCUT2D eigenvalue weighted by atomic mass is 32.2. The summed E-state index contributed by atoms with van der Waals surface area (Å²) in [7, 11) is -1.74. The Labute approximate surface area is 165 Å². The van der Waals surface area contributed by atoms with Crippen LogP contribution in [-0.4, -0.2) is 68.2 Å². The van der Waals surface area contributed by atoms with Gasteiger partial charge in [0.15, 0.2) is 5.78 Å². The molecule has 1 saturated heterocycles. The number of aromatic nitrogens is 1. The Balaban J connectivity index is 1.89. The first kappa shape index (κ1) is 20.4. The van der Waals surface area contributed by atoms with Crippen molar-refractivity contribution in [3.8, 4) is 0 Å².